The van der Waals surface area contributed by atoms with Crippen molar-refractivity contribution in [3.63, 3.8) is 0 Å². The molecule has 2 aromatic heterocycles. The minimum absolute atomic E-state index is 0.778. The lowest BCUT2D eigenvalue weighted by Crippen LogP contribution is -1.98. The molecule has 0 atom stereocenters. The second-order valence-electron chi connectivity index (χ2n) is 2.89. The molecule has 0 bridgehead atoms. The van der Waals surface area contributed by atoms with Crippen LogP contribution in [0.1, 0.15) is 9.75 Å². The normalized spacial score (nSPS) is 9.31. The zero-order valence-electron chi connectivity index (χ0n) is 8.50. The molecule has 0 aromatic carbocycles. The van der Waals surface area contributed by atoms with Crippen molar-refractivity contribution in [2.45, 2.75) is 6.42 Å². The maximum Gasteiger partial charge on any atom is 0.329 e. The first kappa shape index (κ1) is 12.9. The molecule has 0 unspecified atom stereocenters. The third kappa shape index (κ3) is 5.06. The minimum atomic E-state index is -1.19. The number of carboxylic acid groups (broad SMARTS) is 1. The molecule has 0 fully saturated rings. The topological polar surface area (TPSA) is 57.5 Å². The van der Waals surface area contributed by atoms with Crippen molar-refractivity contribution in [2.24, 2.45) is 0 Å². The molecule has 0 aliphatic rings. The smallest absolute Gasteiger partial charge is 0.329 e. The van der Waals surface area contributed by atoms with E-state index in [4.69, 9.17) is 15.0 Å². The number of carbonyl (C=O) groups is 1. The molecule has 0 aliphatic heterocycles. The molecule has 2 aromatic rings. The van der Waals surface area contributed by atoms with Crippen LogP contribution in [0.4, 0.5) is 0 Å². The third-order valence-corrected chi connectivity index (χ3v) is 3.40. The lowest BCUT2D eigenvalue weighted by atomic mass is 10.3. The highest BCUT2D eigenvalue weighted by molar-refractivity contribution is 7.11. The van der Waals surface area contributed by atoms with Crippen LogP contribution < -0.4 is 0 Å². The van der Waals surface area contributed by atoms with Crippen LogP contribution in [0.15, 0.2) is 35.0 Å². The van der Waals surface area contributed by atoms with Gasteiger partial charge < -0.3 is 10.2 Å². The zero-order valence-corrected chi connectivity index (χ0v) is 10.1. The van der Waals surface area contributed by atoms with Crippen molar-refractivity contribution < 1.29 is 15.0 Å². The van der Waals surface area contributed by atoms with E-state index in [-0.39, 0.29) is 0 Å². The molecular formula is C11H12O3S2. The number of thiophene rings is 2. The van der Waals surface area contributed by atoms with Crippen LogP contribution >= 0.6 is 22.7 Å². The molecule has 2 rings (SSSR count). The fourth-order valence-electron chi connectivity index (χ4n) is 0.998. The fraction of sp³-hybridized carbons (Fsp3) is 0.182. The molecule has 86 valence electrons. The quantitative estimate of drug-likeness (QED) is 0.887. The number of aliphatic hydroxyl groups excluding tert-OH is 1. The number of hydrogen-bond acceptors (Lipinski definition) is 4. The maximum atomic E-state index is 9.12. The van der Waals surface area contributed by atoms with Gasteiger partial charge in [-0.05, 0) is 22.9 Å². The van der Waals surface area contributed by atoms with Gasteiger partial charge in [-0.25, -0.2) is 4.79 Å². The molecule has 3 nitrogen and oxygen atoms in total. The molecule has 0 radical (unpaired) electrons. The van der Waals surface area contributed by atoms with Gasteiger partial charge >= 0.3 is 5.97 Å². The maximum absolute atomic E-state index is 9.12. The van der Waals surface area contributed by atoms with Crippen LogP contribution in [0, 0.1) is 0 Å². The average molecular weight is 256 g/mol. The Labute approximate surface area is 102 Å². The van der Waals surface area contributed by atoms with Gasteiger partial charge in [0.05, 0.1) is 0 Å². The van der Waals surface area contributed by atoms with Crippen molar-refractivity contribution >= 4 is 28.6 Å². The Morgan fingerprint density at radius 1 is 1.12 bits per heavy atom. The number of rotatable bonds is 3. The number of hydrogen-bond donors (Lipinski definition) is 2. The molecule has 0 saturated heterocycles. The summed E-state index contributed by atoms with van der Waals surface area (Å²) < 4.78 is 0. The summed E-state index contributed by atoms with van der Waals surface area (Å²) in [7, 11) is 0. The van der Waals surface area contributed by atoms with Gasteiger partial charge in [0.2, 0.25) is 0 Å². The summed E-state index contributed by atoms with van der Waals surface area (Å²) in [5, 5.41) is 19.3. The minimum Gasteiger partial charge on any atom is -0.480 e. The summed E-state index contributed by atoms with van der Waals surface area (Å²) in [5.74, 6) is -1.19. The van der Waals surface area contributed by atoms with Crippen molar-refractivity contribution in [3.05, 3.63) is 44.8 Å². The van der Waals surface area contributed by atoms with Crippen LogP contribution in [-0.2, 0) is 11.2 Å². The Bertz CT molecular complexity index is 361. The van der Waals surface area contributed by atoms with Crippen LogP contribution in [0.3, 0.4) is 0 Å². The molecular weight excluding hydrogens is 244 g/mol. The van der Waals surface area contributed by atoms with Gasteiger partial charge in [-0.1, -0.05) is 12.1 Å². The SMILES string of the molecule is O=C(O)CO.c1csc(Cc2cccs2)c1. The molecule has 5 heteroatoms. The van der Waals surface area contributed by atoms with Gasteiger partial charge in [-0.3, -0.25) is 0 Å². The van der Waals surface area contributed by atoms with E-state index in [1.54, 1.807) is 0 Å². The predicted octanol–water partition coefficient (Wildman–Crippen LogP) is 2.46. The Morgan fingerprint density at radius 2 is 1.56 bits per heavy atom. The Kier molecular flexibility index (Phi) is 5.77. The van der Waals surface area contributed by atoms with Crippen molar-refractivity contribution in [2.75, 3.05) is 6.61 Å². The number of aliphatic hydroxyl groups is 1. The van der Waals surface area contributed by atoms with E-state index < -0.39 is 12.6 Å². The van der Waals surface area contributed by atoms with Gasteiger partial charge in [0, 0.05) is 16.2 Å². The molecule has 0 spiro atoms. The first-order chi connectivity index (χ1) is 7.72. The molecule has 0 amide bonds. The lowest BCUT2D eigenvalue weighted by Gasteiger charge is -1.90. The van der Waals surface area contributed by atoms with Gasteiger partial charge in [0.1, 0.15) is 6.61 Å². The second kappa shape index (κ2) is 7.16. The number of carboxylic acids is 1. The van der Waals surface area contributed by atoms with E-state index >= 15 is 0 Å². The fourth-order valence-corrected chi connectivity index (χ4v) is 2.55. The van der Waals surface area contributed by atoms with E-state index in [9.17, 15) is 0 Å². The Hall–Kier alpha value is -1.17. The van der Waals surface area contributed by atoms with Crippen LogP contribution in [0.25, 0.3) is 0 Å². The molecule has 2 N–H and O–H groups in total. The molecule has 2 heterocycles. The van der Waals surface area contributed by atoms with E-state index in [1.807, 2.05) is 22.7 Å². The summed E-state index contributed by atoms with van der Waals surface area (Å²) in [6.07, 6.45) is 1.11. The van der Waals surface area contributed by atoms with E-state index in [0.717, 1.165) is 6.42 Å². The lowest BCUT2D eigenvalue weighted by molar-refractivity contribution is -0.140. The van der Waals surface area contributed by atoms with Crippen molar-refractivity contribution in [1.82, 2.24) is 0 Å². The van der Waals surface area contributed by atoms with Gasteiger partial charge in [-0.2, -0.15) is 0 Å². The summed E-state index contributed by atoms with van der Waals surface area (Å²) in [6, 6.07) is 8.58. The van der Waals surface area contributed by atoms with Gasteiger partial charge in [0.15, 0.2) is 0 Å². The second-order valence-corrected chi connectivity index (χ2v) is 4.95. The van der Waals surface area contributed by atoms with Crippen LogP contribution in [-0.4, -0.2) is 22.8 Å². The zero-order chi connectivity index (χ0) is 11.8. The monoisotopic (exact) mass is 256 g/mol. The first-order valence-electron chi connectivity index (χ1n) is 4.59. The highest BCUT2D eigenvalue weighted by Gasteiger charge is 1.96. The first-order valence-corrected chi connectivity index (χ1v) is 6.35. The average Bonchev–Trinajstić information content (AvgIpc) is 2.92. The highest BCUT2D eigenvalue weighted by atomic mass is 32.1. The van der Waals surface area contributed by atoms with Crippen molar-refractivity contribution in [3.8, 4) is 0 Å². The predicted molar refractivity (Wildman–Crippen MR) is 66.2 cm³/mol. The van der Waals surface area contributed by atoms with E-state index in [0.29, 0.717) is 0 Å². The molecule has 0 saturated carbocycles. The van der Waals surface area contributed by atoms with Crippen LogP contribution in [0.5, 0.6) is 0 Å². The van der Waals surface area contributed by atoms with Gasteiger partial charge in [-0.15, -0.1) is 22.7 Å². The highest BCUT2D eigenvalue weighted by Crippen LogP contribution is 2.17. The molecule has 0 aliphatic carbocycles. The van der Waals surface area contributed by atoms with E-state index in [1.165, 1.54) is 9.75 Å². The van der Waals surface area contributed by atoms with Crippen LogP contribution in [0.2, 0.25) is 0 Å². The third-order valence-electron chi connectivity index (χ3n) is 1.64. The largest absolute Gasteiger partial charge is 0.480 e. The Balaban J connectivity index is 0.000000221. The summed E-state index contributed by atoms with van der Waals surface area (Å²) in [5.41, 5.74) is 0. The summed E-state index contributed by atoms with van der Waals surface area (Å²) in [6.45, 7) is -0.778. The standard InChI is InChI=1S/C9H8S2.C2H4O3/c1-3-8(10-5-1)7-9-4-2-6-11-9;3-1-2(4)5/h1-6H,7H2;3H,1H2,(H,4,5). The summed E-state index contributed by atoms with van der Waals surface area (Å²) in [4.78, 5) is 12.0. The van der Waals surface area contributed by atoms with Crippen molar-refractivity contribution in [1.29, 1.82) is 0 Å². The molecule has 16 heavy (non-hydrogen) atoms. The Morgan fingerprint density at radius 3 is 1.81 bits per heavy atom. The van der Waals surface area contributed by atoms with Gasteiger partial charge in [0.25, 0.3) is 0 Å². The summed E-state index contributed by atoms with van der Waals surface area (Å²) >= 11 is 3.66. The number of aliphatic carboxylic acids is 1. The van der Waals surface area contributed by atoms with E-state index in [2.05, 4.69) is 35.0 Å².